The number of aromatic nitrogens is 2. The van der Waals surface area contributed by atoms with Crippen molar-refractivity contribution in [3.63, 3.8) is 0 Å². The Bertz CT molecular complexity index is 1690. The number of amides is 4. The third-order valence-electron chi connectivity index (χ3n) is 8.13. The molecule has 1 aromatic heterocycles. The van der Waals surface area contributed by atoms with Crippen molar-refractivity contribution in [2.75, 3.05) is 19.6 Å². The van der Waals surface area contributed by atoms with Crippen LogP contribution in [0.5, 0.6) is 5.75 Å². The van der Waals surface area contributed by atoms with Crippen LogP contribution in [0.25, 0.3) is 10.9 Å². The lowest BCUT2D eigenvalue weighted by atomic mass is 9.98. The van der Waals surface area contributed by atoms with Crippen LogP contribution in [0, 0.1) is 0 Å². The molecule has 2 unspecified atom stereocenters. The molecule has 0 aliphatic carbocycles. The maximum atomic E-state index is 14.2. The van der Waals surface area contributed by atoms with E-state index in [2.05, 4.69) is 17.0 Å². The molecule has 2 fully saturated rings. The molecule has 2 aliphatic heterocycles. The van der Waals surface area contributed by atoms with Crippen molar-refractivity contribution in [2.45, 2.75) is 31.7 Å². The van der Waals surface area contributed by atoms with Crippen LogP contribution in [0.1, 0.15) is 16.7 Å². The first-order valence-corrected chi connectivity index (χ1v) is 14.6. The number of piperazine rings is 1. The molecule has 3 heterocycles. The summed E-state index contributed by atoms with van der Waals surface area (Å²) in [6, 6.07) is 20.8. The predicted molar refractivity (Wildman–Crippen MR) is 165 cm³/mol. The number of fused-ring (bicyclic) bond motifs is 2. The summed E-state index contributed by atoms with van der Waals surface area (Å²) < 4.78 is 1.74. The minimum atomic E-state index is -0.857. The molecular weight excluding hydrogens is 558 g/mol. The van der Waals surface area contributed by atoms with E-state index in [4.69, 9.17) is 0 Å². The van der Waals surface area contributed by atoms with E-state index in [0.717, 1.165) is 27.6 Å². The average Bonchev–Trinajstić information content (AvgIpc) is 3.41. The Hall–Kier alpha value is -5.16. The summed E-state index contributed by atoms with van der Waals surface area (Å²) in [7, 11) is 1.86. The number of nitrogens with one attached hydrogen (secondary N) is 1. The van der Waals surface area contributed by atoms with E-state index in [-0.39, 0.29) is 56.2 Å². The van der Waals surface area contributed by atoms with Crippen molar-refractivity contribution < 1.29 is 19.5 Å². The number of benzene rings is 3. The Labute approximate surface area is 255 Å². The lowest BCUT2D eigenvalue weighted by molar-refractivity contribution is -0.189. The fourth-order valence-corrected chi connectivity index (χ4v) is 6.11. The van der Waals surface area contributed by atoms with E-state index in [1.54, 1.807) is 54.8 Å². The van der Waals surface area contributed by atoms with E-state index >= 15 is 0 Å². The van der Waals surface area contributed by atoms with Gasteiger partial charge in [0, 0.05) is 44.7 Å². The van der Waals surface area contributed by atoms with Crippen LogP contribution in [-0.4, -0.2) is 84.4 Å². The van der Waals surface area contributed by atoms with Gasteiger partial charge < -0.3 is 20.2 Å². The molecule has 2 aliphatic rings. The molecule has 0 saturated carbocycles. The minimum absolute atomic E-state index is 0.0755. The molecule has 0 spiro atoms. The van der Waals surface area contributed by atoms with Gasteiger partial charge in [0.1, 0.15) is 18.0 Å². The molecule has 2 saturated heterocycles. The van der Waals surface area contributed by atoms with Gasteiger partial charge in [-0.1, -0.05) is 66.7 Å². The molecule has 44 heavy (non-hydrogen) atoms. The van der Waals surface area contributed by atoms with Crippen molar-refractivity contribution in [3.05, 3.63) is 108 Å². The van der Waals surface area contributed by atoms with Crippen molar-refractivity contribution in [1.82, 2.24) is 34.9 Å². The van der Waals surface area contributed by atoms with Crippen LogP contribution in [0.3, 0.4) is 0 Å². The number of hydrogen-bond acceptors (Lipinski definition) is 6. The second-order valence-corrected chi connectivity index (χ2v) is 11.2. The van der Waals surface area contributed by atoms with E-state index in [1.807, 2.05) is 61.8 Å². The fourth-order valence-electron chi connectivity index (χ4n) is 6.11. The van der Waals surface area contributed by atoms with Gasteiger partial charge in [0.2, 0.25) is 11.8 Å². The summed E-state index contributed by atoms with van der Waals surface area (Å²) in [5, 5.41) is 21.7. The molecule has 6 rings (SSSR count). The van der Waals surface area contributed by atoms with Crippen molar-refractivity contribution >= 4 is 28.7 Å². The van der Waals surface area contributed by atoms with Gasteiger partial charge in [0.25, 0.3) is 0 Å². The maximum Gasteiger partial charge on any atom is 0.334 e. The first kappa shape index (κ1) is 28.9. The lowest BCUT2D eigenvalue weighted by Crippen LogP contribution is -2.76. The number of hydrogen-bond donors (Lipinski definition) is 2. The van der Waals surface area contributed by atoms with Crippen molar-refractivity contribution in [3.8, 4) is 5.75 Å². The van der Waals surface area contributed by atoms with Gasteiger partial charge in [0.15, 0.2) is 0 Å². The SMILES string of the molecule is C=CCN1CC(=O)N2C(Cc3ccc(O)cc3)C(=O)N(Cc3cccc4cn(C)nc34)CC2N1C(=O)NCc1ccccc1. The first-order chi connectivity index (χ1) is 21.3. The van der Waals surface area contributed by atoms with Crippen molar-refractivity contribution in [1.29, 1.82) is 0 Å². The molecule has 11 nitrogen and oxygen atoms in total. The Kier molecular flexibility index (Phi) is 8.03. The molecule has 11 heteroatoms. The monoisotopic (exact) mass is 593 g/mol. The zero-order valence-corrected chi connectivity index (χ0v) is 24.5. The van der Waals surface area contributed by atoms with Crippen LogP contribution in [0.4, 0.5) is 4.79 Å². The number of nitrogens with zero attached hydrogens (tertiary/aromatic N) is 6. The Morgan fingerprint density at radius 3 is 2.57 bits per heavy atom. The van der Waals surface area contributed by atoms with E-state index in [0.29, 0.717) is 6.54 Å². The summed E-state index contributed by atoms with van der Waals surface area (Å²) >= 11 is 0. The molecular formula is C33H35N7O4. The van der Waals surface area contributed by atoms with Crippen LogP contribution in [0.15, 0.2) is 91.6 Å². The Balaban J connectivity index is 1.37. The quantitative estimate of drug-likeness (QED) is 0.304. The van der Waals surface area contributed by atoms with E-state index in [9.17, 15) is 19.5 Å². The van der Waals surface area contributed by atoms with Gasteiger partial charge in [-0.2, -0.15) is 5.10 Å². The highest BCUT2D eigenvalue weighted by Crippen LogP contribution is 2.30. The molecule has 0 bridgehead atoms. The van der Waals surface area contributed by atoms with Crippen LogP contribution < -0.4 is 5.32 Å². The summed E-state index contributed by atoms with van der Waals surface area (Å²) in [6.45, 7) is 4.73. The molecule has 4 amide bonds. The van der Waals surface area contributed by atoms with Gasteiger partial charge in [0.05, 0.1) is 18.6 Å². The highest BCUT2D eigenvalue weighted by atomic mass is 16.3. The number of urea groups is 1. The van der Waals surface area contributed by atoms with E-state index in [1.165, 1.54) is 0 Å². The average molecular weight is 594 g/mol. The molecule has 0 radical (unpaired) electrons. The number of aryl methyl sites for hydroxylation is 1. The number of phenolic OH excluding ortho intramolecular Hbond substituents is 1. The number of rotatable bonds is 8. The van der Waals surface area contributed by atoms with Crippen LogP contribution in [0.2, 0.25) is 0 Å². The topological polar surface area (TPSA) is 114 Å². The molecule has 2 N–H and O–H groups in total. The third kappa shape index (κ3) is 5.73. The van der Waals surface area contributed by atoms with Crippen LogP contribution >= 0.6 is 0 Å². The summed E-state index contributed by atoms with van der Waals surface area (Å²) in [4.78, 5) is 45.2. The maximum absolute atomic E-state index is 14.2. The lowest BCUT2D eigenvalue weighted by Gasteiger charge is -2.55. The Morgan fingerprint density at radius 2 is 1.82 bits per heavy atom. The predicted octanol–water partition coefficient (Wildman–Crippen LogP) is 3.02. The molecule has 2 atom stereocenters. The number of phenols is 1. The van der Waals surface area contributed by atoms with Crippen molar-refractivity contribution in [2.24, 2.45) is 7.05 Å². The number of hydrazine groups is 1. The van der Waals surface area contributed by atoms with Gasteiger partial charge >= 0.3 is 6.03 Å². The Morgan fingerprint density at radius 1 is 1.05 bits per heavy atom. The largest absolute Gasteiger partial charge is 0.508 e. The number of carbonyl (C=O) groups excluding carboxylic acids is 3. The van der Waals surface area contributed by atoms with Gasteiger partial charge in [-0.3, -0.25) is 14.3 Å². The smallest absolute Gasteiger partial charge is 0.334 e. The van der Waals surface area contributed by atoms with Gasteiger partial charge in [-0.05, 0) is 28.8 Å². The molecule has 226 valence electrons. The summed E-state index contributed by atoms with van der Waals surface area (Å²) in [5.41, 5.74) is 3.40. The zero-order chi connectivity index (χ0) is 30.8. The standard InChI is InChI=1S/C33H35N7O4/c1-3-16-38-22-30(42)39-28(17-23-12-14-27(41)15-13-23)32(43)37(20-26-11-7-10-25-19-36(2)35-31(25)26)21-29(39)40(38)33(44)34-18-24-8-5-4-6-9-24/h3-15,19,28-29,41H,1,16-18,20-22H2,2H3,(H,34,44). The number of carbonyl (C=O) groups is 3. The first-order valence-electron chi connectivity index (χ1n) is 14.6. The molecule has 4 aromatic rings. The zero-order valence-electron chi connectivity index (χ0n) is 24.5. The highest BCUT2D eigenvalue weighted by Gasteiger charge is 2.51. The van der Waals surface area contributed by atoms with Gasteiger partial charge in [-0.25, -0.2) is 14.8 Å². The summed E-state index contributed by atoms with van der Waals surface area (Å²) in [6.07, 6.45) is 3.06. The third-order valence-corrected chi connectivity index (χ3v) is 8.13. The van der Waals surface area contributed by atoms with E-state index < -0.39 is 12.2 Å². The number of aromatic hydroxyl groups is 1. The minimum Gasteiger partial charge on any atom is -0.508 e. The second kappa shape index (κ2) is 12.2. The normalized spacial score (nSPS) is 18.9. The fraction of sp³-hybridized carbons (Fsp3) is 0.273. The highest BCUT2D eigenvalue weighted by molar-refractivity contribution is 5.92. The van der Waals surface area contributed by atoms with Gasteiger partial charge in [-0.15, -0.1) is 6.58 Å². The second-order valence-electron chi connectivity index (χ2n) is 11.2. The molecule has 3 aromatic carbocycles. The van der Waals surface area contributed by atoms with Crippen LogP contribution in [-0.2, 0) is 36.1 Å². The summed E-state index contributed by atoms with van der Waals surface area (Å²) in [5.74, 6) is -0.341.